The Bertz CT molecular complexity index is 643. The van der Waals surface area contributed by atoms with E-state index >= 15 is 0 Å². The van der Waals surface area contributed by atoms with Crippen LogP contribution in [0.1, 0.15) is 11.1 Å². The predicted molar refractivity (Wildman–Crippen MR) is 93.8 cm³/mol. The quantitative estimate of drug-likeness (QED) is 0.849. The summed E-state index contributed by atoms with van der Waals surface area (Å²) in [6.45, 7) is 1.39. The Labute approximate surface area is 139 Å². The molecule has 4 nitrogen and oxygen atoms in total. The number of rotatable bonds is 5. The fourth-order valence-corrected chi connectivity index (χ4v) is 2.53. The summed E-state index contributed by atoms with van der Waals surface area (Å²) >= 11 is 3.38. The summed E-state index contributed by atoms with van der Waals surface area (Å²) in [7, 11) is 4.08. The third-order valence-electron chi connectivity index (χ3n) is 3.03. The summed E-state index contributed by atoms with van der Waals surface area (Å²) in [6.07, 6.45) is 0. The van der Waals surface area contributed by atoms with Gasteiger partial charge in [0, 0.05) is 23.2 Å². The van der Waals surface area contributed by atoms with Crippen LogP contribution in [0.25, 0.3) is 0 Å². The Morgan fingerprint density at radius 1 is 1.09 bits per heavy atom. The lowest BCUT2D eigenvalue weighted by atomic mass is 10.1. The molecule has 0 unspecified atom stereocenters. The normalized spacial score (nSPS) is 10.5. The number of nitrogens with one attached hydrogen (secondary N) is 2. The fourth-order valence-electron chi connectivity index (χ4n) is 2.13. The van der Waals surface area contributed by atoms with Gasteiger partial charge in [-0.2, -0.15) is 0 Å². The molecule has 116 valence electrons. The van der Waals surface area contributed by atoms with Gasteiger partial charge < -0.3 is 15.5 Å². The van der Waals surface area contributed by atoms with E-state index in [-0.39, 0.29) is 6.03 Å². The number of benzene rings is 2. The minimum atomic E-state index is -0.212. The first-order valence-electron chi connectivity index (χ1n) is 7.06. The second-order valence-corrected chi connectivity index (χ2v) is 6.29. The maximum absolute atomic E-state index is 11.9. The average molecular weight is 362 g/mol. The molecule has 0 spiro atoms. The van der Waals surface area contributed by atoms with Crippen LogP contribution in [0.5, 0.6) is 0 Å². The Balaban J connectivity index is 1.88. The van der Waals surface area contributed by atoms with Crippen LogP contribution in [-0.4, -0.2) is 25.0 Å². The number of halogens is 1. The number of carbonyl (C=O) groups is 1. The SMILES string of the molecule is CN(C)Cc1cccc(CNC(=O)Nc2cccc(Br)c2)c1. The second-order valence-electron chi connectivity index (χ2n) is 5.38. The van der Waals surface area contributed by atoms with E-state index in [1.54, 1.807) is 0 Å². The molecule has 2 aromatic rings. The highest BCUT2D eigenvalue weighted by Gasteiger charge is 2.03. The topological polar surface area (TPSA) is 44.4 Å². The number of anilines is 1. The van der Waals surface area contributed by atoms with Gasteiger partial charge in [0.15, 0.2) is 0 Å². The second kappa shape index (κ2) is 7.96. The molecule has 0 saturated carbocycles. The zero-order valence-corrected chi connectivity index (χ0v) is 14.4. The first kappa shape index (κ1) is 16.5. The molecule has 0 heterocycles. The van der Waals surface area contributed by atoms with Gasteiger partial charge in [-0.25, -0.2) is 4.79 Å². The smallest absolute Gasteiger partial charge is 0.319 e. The van der Waals surface area contributed by atoms with Crippen LogP contribution in [0.4, 0.5) is 10.5 Å². The highest BCUT2D eigenvalue weighted by molar-refractivity contribution is 9.10. The number of urea groups is 1. The van der Waals surface area contributed by atoms with E-state index in [0.29, 0.717) is 6.54 Å². The summed E-state index contributed by atoms with van der Waals surface area (Å²) in [4.78, 5) is 14.0. The highest BCUT2D eigenvalue weighted by atomic mass is 79.9. The van der Waals surface area contributed by atoms with Gasteiger partial charge in [-0.15, -0.1) is 0 Å². The highest BCUT2D eigenvalue weighted by Crippen LogP contribution is 2.15. The van der Waals surface area contributed by atoms with Crippen molar-refractivity contribution in [1.29, 1.82) is 0 Å². The Morgan fingerprint density at radius 2 is 1.82 bits per heavy atom. The first-order valence-corrected chi connectivity index (χ1v) is 7.85. The van der Waals surface area contributed by atoms with Crippen LogP contribution in [0.2, 0.25) is 0 Å². The summed E-state index contributed by atoms with van der Waals surface area (Å²) < 4.78 is 0.932. The van der Waals surface area contributed by atoms with Gasteiger partial charge in [0.25, 0.3) is 0 Å². The van der Waals surface area contributed by atoms with Crippen molar-refractivity contribution in [3.05, 3.63) is 64.1 Å². The van der Waals surface area contributed by atoms with Crippen LogP contribution >= 0.6 is 15.9 Å². The summed E-state index contributed by atoms with van der Waals surface area (Å²) in [5.41, 5.74) is 3.08. The van der Waals surface area contributed by atoms with Gasteiger partial charge in [-0.1, -0.05) is 46.3 Å². The molecule has 2 rings (SSSR count). The molecule has 0 bridgehead atoms. The van der Waals surface area contributed by atoms with Crippen molar-refractivity contribution >= 4 is 27.6 Å². The van der Waals surface area contributed by atoms with Crippen molar-refractivity contribution in [3.63, 3.8) is 0 Å². The van der Waals surface area contributed by atoms with Crippen molar-refractivity contribution < 1.29 is 4.79 Å². The summed E-state index contributed by atoms with van der Waals surface area (Å²) in [5.74, 6) is 0. The number of nitrogens with zero attached hydrogens (tertiary/aromatic N) is 1. The lowest BCUT2D eigenvalue weighted by molar-refractivity contribution is 0.251. The molecule has 0 fully saturated rings. The van der Waals surface area contributed by atoms with Crippen LogP contribution in [0, 0.1) is 0 Å². The molecule has 0 radical (unpaired) electrons. The molecule has 0 saturated heterocycles. The average Bonchev–Trinajstić information content (AvgIpc) is 2.45. The van der Waals surface area contributed by atoms with E-state index < -0.39 is 0 Å². The molecule has 0 atom stereocenters. The van der Waals surface area contributed by atoms with Crippen molar-refractivity contribution in [2.24, 2.45) is 0 Å². The molecular formula is C17H20BrN3O. The van der Waals surface area contributed by atoms with Crippen LogP contribution in [0.3, 0.4) is 0 Å². The molecule has 0 aromatic heterocycles. The van der Waals surface area contributed by atoms with Gasteiger partial charge >= 0.3 is 6.03 Å². The minimum absolute atomic E-state index is 0.212. The maximum Gasteiger partial charge on any atom is 0.319 e. The molecule has 22 heavy (non-hydrogen) atoms. The number of hydrogen-bond donors (Lipinski definition) is 2. The third kappa shape index (κ3) is 5.50. The fraction of sp³-hybridized carbons (Fsp3) is 0.235. The standard InChI is InChI=1S/C17H20BrN3O/c1-21(2)12-14-6-3-5-13(9-14)11-19-17(22)20-16-8-4-7-15(18)10-16/h3-10H,11-12H2,1-2H3,(H2,19,20,22). The zero-order valence-electron chi connectivity index (χ0n) is 12.8. The van der Waals surface area contributed by atoms with Gasteiger partial charge in [-0.05, 0) is 43.4 Å². The Kier molecular flexibility index (Phi) is 5.98. The van der Waals surface area contributed by atoms with Crippen molar-refractivity contribution in [3.8, 4) is 0 Å². The van der Waals surface area contributed by atoms with Gasteiger partial charge in [-0.3, -0.25) is 0 Å². The number of carbonyl (C=O) groups excluding carboxylic acids is 1. The van der Waals surface area contributed by atoms with Crippen molar-refractivity contribution in [2.45, 2.75) is 13.1 Å². The van der Waals surface area contributed by atoms with Gasteiger partial charge in [0.1, 0.15) is 0 Å². The van der Waals surface area contributed by atoms with E-state index in [2.05, 4.69) is 43.6 Å². The van der Waals surface area contributed by atoms with E-state index in [0.717, 1.165) is 22.3 Å². The molecular weight excluding hydrogens is 342 g/mol. The molecule has 5 heteroatoms. The molecule has 2 amide bonds. The van der Waals surface area contributed by atoms with E-state index in [1.807, 2.05) is 50.5 Å². The Morgan fingerprint density at radius 3 is 2.55 bits per heavy atom. The summed E-state index contributed by atoms with van der Waals surface area (Å²) in [6, 6.07) is 15.5. The maximum atomic E-state index is 11.9. The molecule has 2 aromatic carbocycles. The molecule has 0 aliphatic heterocycles. The number of amides is 2. The van der Waals surface area contributed by atoms with Gasteiger partial charge in [0.05, 0.1) is 0 Å². The molecule has 2 N–H and O–H groups in total. The molecule has 0 aliphatic carbocycles. The van der Waals surface area contributed by atoms with E-state index in [9.17, 15) is 4.79 Å². The van der Waals surface area contributed by atoms with Crippen LogP contribution in [0.15, 0.2) is 53.0 Å². The summed E-state index contributed by atoms with van der Waals surface area (Å²) in [5, 5.41) is 5.68. The monoisotopic (exact) mass is 361 g/mol. The zero-order chi connectivity index (χ0) is 15.9. The van der Waals surface area contributed by atoms with E-state index in [1.165, 1.54) is 5.56 Å². The van der Waals surface area contributed by atoms with Crippen molar-refractivity contribution in [1.82, 2.24) is 10.2 Å². The van der Waals surface area contributed by atoms with Crippen LogP contribution < -0.4 is 10.6 Å². The van der Waals surface area contributed by atoms with Crippen molar-refractivity contribution in [2.75, 3.05) is 19.4 Å². The third-order valence-corrected chi connectivity index (χ3v) is 3.52. The molecule has 0 aliphatic rings. The minimum Gasteiger partial charge on any atom is -0.334 e. The number of hydrogen-bond acceptors (Lipinski definition) is 2. The largest absolute Gasteiger partial charge is 0.334 e. The Hall–Kier alpha value is -1.85. The predicted octanol–water partition coefficient (Wildman–Crippen LogP) is 3.83. The van der Waals surface area contributed by atoms with Crippen LogP contribution in [-0.2, 0) is 13.1 Å². The first-order chi connectivity index (χ1) is 10.5. The lowest BCUT2D eigenvalue weighted by Gasteiger charge is -2.12. The lowest BCUT2D eigenvalue weighted by Crippen LogP contribution is -2.28. The van der Waals surface area contributed by atoms with Gasteiger partial charge in [0.2, 0.25) is 0 Å². The van der Waals surface area contributed by atoms with E-state index in [4.69, 9.17) is 0 Å².